The molecule has 0 unspecified atom stereocenters. The number of nitrogens with zero attached hydrogens (tertiary/aromatic N) is 7. The molecule has 1 fully saturated rings. The Bertz CT molecular complexity index is 1570. The van der Waals surface area contributed by atoms with Gasteiger partial charge in [0.25, 0.3) is 11.5 Å². The van der Waals surface area contributed by atoms with E-state index < -0.39 is 34.6 Å². The van der Waals surface area contributed by atoms with Gasteiger partial charge in [-0.05, 0) is 17.7 Å². The molecule has 1 amide bonds. The first-order chi connectivity index (χ1) is 18.4. The van der Waals surface area contributed by atoms with Crippen molar-refractivity contribution in [2.75, 3.05) is 31.1 Å². The quantitative estimate of drug-likeness (QED) is 0.388. The average molecular weight is 552 g/mol. The van der Waals surface area contributed by atoms with Crippen molar-refractivity contribution < 1.29 is 31.1 Å². The largest absolute Gasteiger partial charge is 0.435 e. The molecule has 1 N–H and O–H groups in total. The summed E-state index contributed by atoms with van der Waals surface area (Å²) in [6, 6.07) is 6.27. The number of hydrogen-bond acceptors (Lipinski definition) is 7. The molecule has 1 aromatic carbocycles. The number of alkyl halides is 6. The molecule has 0 radical (unpaired) electrons. The van der Waals surface area contributed by atoms with Crippen LogP contribution in [0, 0.1) is 0 Å². The van der Waals surface area contributed by atoms with E-state index in [4.69, 9.17) is 0 Å². The molecule has 4 aromatic rings. The molecular weight excluding hydrogens is 534 g/mol. The van der Waals surface area contributed by atoms with Crippen LogP contribution in [0.3, 0.4) is 0 Å². The van der Waals surface area contributed by atoms with Crippen molar-refractivity contribution in [2.24, 2.45) is 0 Å². The van der Waals surface area contributed by atoms with Crippen molar-refractivity contribution in [1.29, 1.82) is 0 Å². The number of rotatable bonds is 4. The molecule has 10 nitrogen and oxygen atoms in total. The fourth-order valence-corrected chi connectivity index (χ4v) is 4.26. The second-order valence-electron chi connectivity index (χ2n) is 8.71. The molecule has 3 aromatic heterocycles. The standard InChI is InChI=1S/C23H18F6N8O2/c24-22(25,26)15-9-30-21(31-10-15)36-6-4-35(5-7-36)20(39)14-3-1-2-13(8-14)12-37-16-11-32-33-19(38)17(16)18(34-37)23(27,28)29/h1-3,8-11H,4-7,12H2,(H,33,38). The normalized spacial score (nSPS) is 14.7. The van der Waals surface area contributed by atoms with E-state index in [2.05, 4.69) is 20.2 Å². The Labute approximate surface area is 214 Å². The van der Waals surface area contributed by atoms with Gasteiger partial charge in [0.05, 0.1) is 23.8 Å². The van der Waals surface area contributed by atoms with Crippen LogP contribution in [0.1, 0.15) is 27.2 Å². The maximum atomic E-state index is 13.5. The van der Waals surface area contributed by atoms with Crippen LogP contribution in [0.25, 0.3) is 10.9 Å². The number of anilines is 1. The maximum absolute atomic E-state index is 13.5. The topological polar surface area (TPSA) is 113 Å². The van der Waals surface area contributed by atoms with E-state index in [1.165, 1.54) is 6.07 Å². The van der Waals surface area contributed by atoms with Crippen LogP contribution in [0.15, 0.2) is 47.7 Å². The number of piperazine rings is 1. The summed E-state index contributed by atoms with van der Waals surface area (Å²) in [5, 5.41) is 8.52. The predicted molar refractivity (Wildman–Crippen MR) is 124 cm³/mol. The molecule has 16 heteroatoms. The number of aromatic nitrogens is 6. The van der Waals surface area contributed by atoms with E-state index in [9.17, 15) is 35.9 Å². The summed E-state index contributed by atoms with van der Waals surface area (Å²) in [6.07, 6.45) is -6.91. The Morgan fingerprint density at radius 3 is 2.28 bits per heavy atom. The molecule has 0 bridgehead atoms. The van der Waals surface area contributed by atoms with Crippen LogP contribution in [0.5, 0.6) is 0 Å². The van der Waals surface area contributed by atoms with Gasteiger partial charge in [0.15, 0.2) is 5.69 Å². The predicted octanol–water partition coefficient (Wildman–Crippen LogP) is 2.96. The molecule has 1 aliphatic heterocycles. The summed E-state index contributed by atoms with van der Waals surface area (Å²) in [6.45, 7) is 0.925. The van der Waals surface area contributed by atoms with Gasteiger partial charge in [-0.15, -0.1) is 0 Å². The summed E-state index contributed by atoms with van der Waals surface area (Å²) in [4.78, 5) is 35.9. The number of benzene rings is 1. The number of fused-ring (bicyclic) bond motifs is 1. The smallest absolute Gasteiger partial charge is 0.337 e. The number of nitrogens with one attached hydrogen (secondary N) is 1. The molecule has 4 heterocycles. The van der Waals surface area contributed by atoms with Gasteiger partial charge in [0.1, 0.15) is 5.39 Å². The maximum Gasteiger partial charge on any atom is 0.435 e. The molecular formula is C23H18F6N8O2. The van der Waals surface area contributed by atoms with Gasteiger partial charge in [0.2, 0.25) is 5.95 Å². The number of carbonyl (C=O) groups excluding carboxylic acids is 1. The molecule has 0 spiro atoms. The molecule has 0 aliphatic carbocycles. The highest BCUT2D eigenvalue weighted by Gasteiger charge is 2.38. The van der Waals surface area contributed by atoms with E-state index in [-0.39, 0.29) is 55.7 Å². The average Bonchev–Trinajstić information content (AvgIpc) is 3.28. The molecule has 0 atom stereocenters. The van der Waals surface area contributed by atoms with Crippen LogP contribution in [0.4, 0.5) is 32.3 Å². The highest BCUT2D eigenvalue weighted by atomic mass is 19.4. The SMILES string of the molecule is O=C(c1cccc(Cn2nc(C(F)(F)F)c3c(=O)[nH]ncc32)c1)N1CCN(c2ncc(C(F)(F)F)cn2)CC1. The molecule has 1 aliphatic rings. The molecule has 204 valence electrons. The zero-order valence-electron chi connectivity index (χ0n) is 19.8. The fraction of sp³-hybridized carbons (Fsp3) is 0.304. The minimum Gasteiger partial charge on any atom is -0.337 e. The first kappa shape index (κ1) is 26.1. The zero-order chi connectivity index (χ0) is 27.9. The zero-order valence-corrected chi connectivity index (χ0v) is 19.8. The Balaban J connectivity index is 1.30. The Morgan fingerprint density at radius 2 is 1.64 bits per heavy atom. The minimum absolute atomic E-state index is 0.107. The van der Waals surface area contributed by atoms with Gasteiger partial charge in [-0.25, -0.2) is 15.1 Å². The van der Waals surface area contributed by atoms with Gasteiger partial charge in [-0.1, -0.05) is 12.1 Å². The number of aromatic amines is 1. The van der Waals surface area contributed by atoms with Crippen molar-refractivity contribution in [3.05, 3.63) is 75.6 Å². The van der Waals surface area contributed by atoms with Crippen molar-refractivity contribution in [3.63, 3.8) is 0 Å². The summed E-state index contributed by atoms with van der Waals surface area (Å²) >= 11 is 0. The van der Waals surface area contributed by atoms with E-state index in [0.717, 1.165) is 10.9 Å². The third-order valence-electron chi connectivity index (χ3n) is 6.16. The summed E-state index contributed by atoms with van der Waals surface area (Å²) in [7, 11) is 0. The van der Waals surface area contributed by atoms with Crippen LogP contribution in [-0.2, 0) is 18.9 Å². The van der Waals surface area contributed by atoms with E-state index in [0.29, 0.717) is 18.0 Å². The van der Waals surface area contributed by atoms with E-state index in [1.54, 1.807) is 28.0 Å². The third kappa shape index (κ3) is 5.26. The van der Waals surface area contributed by atoms with Crippen molar-refractivity contribution in [2.45, 2.75) is 18.9 Å². The Hall–Kier alpha value is -4.50. The third-order valence-corrected chi connectivity index (χ3v) is 6.16. The number of H-pyrrole nitrogens is 1. The lowest BCUT2D eigenvalue weighted by Crippen LogP contribution is -2.49. The highest BCUT2D eigenvalue weighted by Crippen LogP contribution is 2.32. The minimum atomic E-state index is -4.86. The first-order valence-electron chi connectivity index (χ1n) is 11.5. The summed E-state index contributed by atoms with van der Waals surface area (Å²) in [5.74, 6) is -0.209. The highest BCUT2D eigenvalue weighted by molar-refractivity contribution is 5.94. The van der Waals surface area contributed by atoms with Gasteiger partial charge in [0, 0.05) is 44.1 Å². The summed E-state index contributed by atoms with van der Waals surface area (Å²) in [5.41, 5.74) is -2.66. The van der Waals surface area contributed by atoms with Gasteiger partial charge in [-0.2, -0.15) is 36.5 Å². The van der Waals surface area contributed by atoms with Crippen LogP contribution in [0.2, 0.25) is 0 Å². The first-order valence-corrected chi connectivity index (χ1v) is 11.5. The molecule has 5 rings (SSSR count). The molecule has 1 saturated heterocycles. The lowest BCUT2D eigenvalue weighted by Gasteiger charge is -2.34. The van der Waals surface area contributed by atoms with Crippen LogP contribution in [-0.4, -0.2) is 66.9 Å². The lowest BCUT2D eigenvalue weighted by atomic mass is 10.1. The van der Waals surface area contributed by atoms with Gasteiger partial charge >= 0.3 is 12.4 Å². The number of halogens is 6. The van der Waals surface area contributed by atoms with Crippen LogP contribution >= 0.6 is 0 Å². The molecule has 39 heavy (non-hydrogen) atoms. The molecule has 0 saturated carbocycles. The fourth-order valence-electron chi connectivity index (χ4n) is 4.26. The number of amides is 1. The van der Waals surface area contributed by atoms with Gasteiger partial charge in [-0.3, -0.25) is 14.3 Å². The van der Waals surface area contributed by atoms with Crippen LogP contribution < -0.4 is 10.5 Å². The van der Waals surface area contributed by atoms with Crippen molar-refractivity contribution >= 4 is 22.8 Å². The Morgan fingerprint density at radius 1 is 0.949 bits per heavy atom. The van der Waals surface area contributed by atoms with Crippen molar-refractivity contribution in [1.82, 2.24) is 34.8 Å². The van der Waals surface area contributed by atoms with Gasteiger partial charge < -0.3 is 9.80 Å². The van der Waals surface area contributed by atoms with E-state index >= 15 is 0 Å². The summed E-state index contributed by atoms with van der Waals surface area (Å²) < 4.78 is 79.6. The lowest BCUT2D eigenvalue weighted by molar-refractivity contribution is -0.140. The van der Waals surface area contributed by atoms with Crippen molar-refractivity contribution in [3.8, 4) is 0 Å². The van der Waals surface area contributed by atoms with E-state index in [1.807, 2.05) is 5.10 Å². The number of hydrogen-bond donors (Lipinski definition) is 1. The number of carbonyl (C=O) groups is 1. The Kier molecular flexibility index (Phi) is 6.47. The second kappa shape index (κ2) is 9.67. The second-order valence-corrected chi connectivity index (χ2v) is 8.71. The monoisotopic (exact) mass is 552 g/mol.